The van der Waals surface area contributed by atoms with E-state index in [1.54, 1.807) is 18.3 Å². The summed E-state index contributed by atoms with van der Waals surface area (Å²) >= 11 is 0. The van der Waals surface area contributed by atoms with Crippen molar-refractivity contribution in [1.29, 1.82) is 0 Å². The first kappa shape index (κ1) is 14.1. The molecule has 0 radical (unpaired) electrons. The Morgan fingerprint density at radius 1 is 1.35 bits per heavy atom. The maximum Gasteiger partial charge on any atom is 0.126 e. The number of halogens is 1. The van der Waals surface area contributed by atoms with Gasteiger partial charge in [0.2, 0.25) is 0 Å². The van der Waals surface area contributed by atoms with Crippen molar-refractivity contribution in [2.24, 2.45) is 0 Å². The van der Waals surface area contributed by atoms with Crippen molar-refractivity contribution in [3.05, 3.63) is 57.8 Å². The van der Waals surface area contributed by atoms with Gasteiger partial charge >= 0.3 is 0 Å². The van der Waals surface area contributed by atoms with Crippen LogP contribution in [0.25, 0.3) is 12.3 Å². The van der Waals surface area contributed by atoms with E-state index in [1.165, 1.54) is 6.07 Å². The van der Waals surface area contributed by atoms with Crippen molar-refractivity contribution in [3.8, 4) is 0 Å². The van der Waals surface area contributed by atoms with E-state index in [0.717, 1.165) is 16.0 Å². The topological polar surface area (TPSA) is 50.9 Å². The Labute approximate surface area is 117 Å². The van der Waals surface area contributed by atoms with Gasteiger partial charge in [0.05, 0.1) is 0 Å². The van der Waals surface area contributed by atoms with Crippen LogP contribution in [0.15, 0.2) is 30.5 Å². The Morgan fingerprint density at radius 2 is 2.15 bits per heavy atom. The van der Waals surface area contributed by atoms with Gasteiger partial charge in [-0.25, -0.2) is 9.37 Å². The van der Waals surface area contributed by atoms with Gasteiger partial charge in [-0.05, 0) is 41.8 Å². The van der Waals surface area contributed by atoms with E-state index >= 15 is 0 Å². The first-order valence-electron chi connectivity index (χ1n) is 6.45. The van der Waals surface area contributed by atoms with Crippen LogP contribution in [-0.4, -0.2) is 12.0 Å². The number of aromatic nitrogens is 1. The molecule has 4 heteroatoms. The zero-order valence-electron chi connectivity index (χ0n) is 11.7. The van der Waals surface area contributed by atoms with Crippen LogP contribution >= 0.6 is 0 Å². The van der Waals surface area contributed by atoms with E-state index in [0.29, 0.717) is 17.8 Å². The fourth-order valence-corrected chi connectivity index (χ4v) is 2.09. The van der Waals surface area contributed by atoms with Gasteiger partial charge in [-0.3, -0.25) is 0 Å². The lowest BCUT2D eigenvalue weighted by atomic mass is 10.0. The van der Waals surface area contributed by atoms with Crippen LogP contribution in [0, 0.1) is 12.7 Å². The van der Waals surface area contributed by atoms with Crippen LogP contribution in [0.3, 0.4) is 0 Å². The fourth-order valence-electron chi connectivity index (χ4n) is 2.09. The van der Waals surface area contributed by atoms with Crippen molar-refractivity contribution in [3.63, 3.8) is 0 Å². The molecule has 1 aromatic carbocycles. The molecule has 0 amide bonds. The summed E-state index contributed by atoms with van der Waals surface area (Å²) in [4.78, 5) is 4.08. The second-order valence-corrected chi connectivity index (χ2v) is 4.61. The monoisotopic (exact) mass is 271 g/mol. The molecule has 0 fully saturated rings. The average Bonchev–Trinajstić information content (AvgIpc) is 2.40. The van der Waals surface area contributed by atoms with Gasteiger partial charge in [0, 0.05) is 24.7 Å². The fraction of sp³-hybridized carbons (Fsp3) is 0.188. The number of pyridine rings is 1. The number of hydrogen-bond acceptors (Lipinski definition) is 3. The van der Waals surface area contributed by atoms with Crippen molar-refractivity contribution >= 4 is 18.1 Å². The van der Waals surface area contributed by atoms with Crippen LogP contribution in [0.1, 0.15) is 11.1 Å². The van der Waals surface area contributed by atoms with Crippen LogP contribution < -0.4 is 21.5 Å². The molecule has 3 nitrogen and oxygen atoms in total. The van der Waals surface area contributed by atoms with E-state index in [1.807, 2.05) is 32.3 Å². The number of benzene rings is 1. The third kappa shape index (κ3) is 3.15. The number of nitrogens with two attached hydrogens (primary N) is 1. The summed E-state index contributed by atoms with van der Waals surface area (Å²) in [6.45, 7) is 1.91. The van der Waals surface area contributed by atoms with E-state index in [4.69, 9.17) is 5.73 Å². The molecule has 104 valence electrons. The highest BCUT2D eigenvalue weighted by molar-refractivity contribution is 5.41. The molecule has 1 aromatic heterocycles. The van der Waals surface area contributed by atoms with Crippen LogP contribution in [0.2, 0.25) is 0 Å². The molecule has 2 rings (SSSR count). The van der Waals surface area contributed by atoms with Gasteiger partial charge in [-0.1, -0.05) is 18.2 Å². The largest absolute Gasteiger partial charge is 0.393 e. The van der Waals surface area contributed by atoms with Crippen LogP contribution in [0.4, 0.5) is 10.2 Å². The van der Waals surface area contributed by atoms with E-state index < -0.39 is 0 Å². The second-order valence-electron chi connectivity index (χ2n) is 4.61. The van der Waals surface area contributed by atoms with Crippen molar-refractivity contribution < 1.29 is 4.39 Å². The van der Waals surface area contributed by atoms with E-state index in [-0.39, 0.29) is 5.82 Å². The number of anilines is 1. The number of hydrogen-bond donors (Lipinski definition) is 2. The summed E-state index contributed by atoms with van der Waals surface area (Å²) < 4.78 is 13.8. The molecular formula is C16H18FN3. The van der Waals surface area contributed by atoms with Crippen molar-refractivity contribution in [1.82, 2.24) is 10.3 Å². The zero-order valence-corrected chi connectivity index (χ0v) is 11.7. The summed E-state index contributed by atoms with van der Waals surface area (Å²) in [7, 11) is 1.82. The summed E-state index contributed by atoms with van der Waals surface area (Å²) in [6, 6.07) is 6.90. The maximum absolute atomic E-state index is 13.8. The molecule has 0 aliphatic carbocycles. The second kappa shape index (κ2) is 6.19. The molecule has 0 saturated heterocycles. The number of nitrogens with one attached hydrogen (secondary N) is 1. The SMILES string of the molecule is CN/C=c1\cc(N)nc\c1=C\Cc1c(C)cccc1F. The lowest BCUT2D eigenvalue weighted by Gasteiger charge is -2.04. The standard InChI is InChI=1S/C16H18FN3/c1-11-4-3-5-15(17)14(11)7-6-12-10-20-16(18)8-13(12)9-19-2/h3-6,8-10,19H,7,18H2,1-2H3/b12-6-,13-9+. The molecule has 2 aromatic rings. The van der Waals surface area contributed by atoms with Crippen LogP contribution in [0.5, 0.6) is 0 Å². The Morgan fingerprint density at radius 3 is 2.85 bits per heavy atom. The third-order valence-corrected chi connectivity index (χ3v) is 3.17. The highest BCUT2D eigenvalue weighted by Crippen LogP contribution is 2.13. The predicted molar refractivity (Wildman–Crippen MR) is 80.7 cm³/mol. The molecular weight excluding hydrogens is 253 g/mol. The number of nitrogens with zero attached hydrogens (tertiary/aromatic N) is 1. The molecule has 0 spiro atoms. The molecule has 3 N–H and O–H groups in total. The highest BCUT2D eigenvalue weighted by atomic mass is 19.1. The molecule has 0 aliphatic rings. The summed E-state index contributed by atoms with van der Waals surface area (Å²) in [5.41, 5.74) is 7.34. The van der Waals surface area contributed by atoms with Gasteiger partial charge in [0.15, 0.2) is 0 Å². The van der Waals surface area contributed by atoms with Gasteiger partial charge in [0.25, 0.3) is 0 Å². The Hall–Kier alpha value is -2.36. The maximum atomic E-state index is 13.8. The van der Waals surface area contributed by atoms with Gasteiger partial charge < -0.3 is 11.1 Å². The minimum absolute atomic E-state index is 0.177. The summed E-state index contributed by atoms with van der Waals surface area (Å²) in [5, 5.41) is 4.84. The normalized spacial score (nSPS) is 12.8. The zero-order chi connectivity index (χ0) is 14.5. The summed E-state index contributed by atoms with van der Waals surface area (Å²) in [6.07, 6.45) is 6.03. The predicted octanol–water partition coefficient (Wildman–Crippen LogP) is 1.09. The molecule has 0 unspecified atom stereocenters. The highest BCUT2D eigenvalue weighted by Gasteiger charge is 2.02. The van der Waals surface area contributed by atoms with E-state index in [9.17, 15) is 4.39 Å². The Balaban J connectivity index is 2.45. The van der Waals surface area contributed by atoms with Crippen molar-refractivity contribution in [2.45, 2.75) is 13.3 Å². The first-order valence-corrected chi connectivity index (χ1v) is 6.45. The molecule has 0 saturated carbocycles. The van der Waals surface area contributed by atoms with Gasteiger partial charge in [-0.15, -0.1) is 0 Å². The molecule has 1 heterocycles. The average molecular weight is 271 g/mol. The quantitative estimate of drug-likeness (QED) is 0.878. The Bertz CT molecular complexity index is 703. The van der Waals surface area contributed by atoms with Gasteiger partial charge in [-0.2, -0.15) is 0 Å². The third-order valence-electron chi connectivity index (χ3n) is 3.17. The summed E-state index contributed by atoms with van der Waals surface area (Å²) in [5.74, 6) is 0.287. The number of rotatable bonds is 3. The van der Waals surface area contributed by atoms with E-state index in [2.05, 4.69) is 10.3 Å². The Kier molecular flexibility index (Phi) is 4.35. The smallest absolute Gasteiger partial charge is 0.126 e. The molecule has 0 aliphatic heterocycles. The van der Waals surface area contributed by atoms with Crippen molar-refractivity contribution in [2.75, 3.05) is 12.8 Å². The first-order chi connectivity index (χ1) is 9.61. The molecule has 0 atom stereocenters. The minimum Gasteiger partial charge on any atom is -0.393 e. The lowest BCUT2D eigenvalue weighted by molar-refractivity contribution is 0.614. The van der Waals surface area contributed by atoms with Gasteiger partial charge in [0.1, 0.15) is 11.6 Å². The van der Waals surface area contributed by atoms with Crippen LogP contribution in [-0.2, 0) is 6.42 Å². The minimum atomic E-state index is -0.177. The molecule has 0 bridgehead atoms. The number of aryl methyl sites for hydroxylation is 1. The lowest BCUT2D eigenvalue weighted by Crippen LogP contribution is -2.28. The molecule has 20 heavy (non-hydrogen) atoms. The number of nitrogen functional groups attached to an aromatic ring is 1.